The normalized spacial score (nSPS) is 12.9. The Labute approximate surface area is 301 Å². The largest absolute Gasteiger partial charge is 0.0610 e. The van der Waals surface area contributed by atoms with Crippen molar-refractivity contribution in [2.24, 2.45) is 0 Å². The van der Waals surface area contributed by atoms with Crippen molar-refractivity contribution in [1.82, 2.24) is 0 Å². The van der Waals surface area contributed by atoms with Crippen LogP contribution in [0, 0.1) is 0 Å². The van der Waals surface area contributed by atoms with Crippen LogP contribution in [0.2, 0.25) is 0 Å². The number of benzene rings is 12. The Morgan fingerprint density at radius 2 is 0.577 bits per heavy atom. The predicted octanol–water partition coefficient (Wildman–Crippen LogP) is 15.0. The summed E-state index contributed by atoms with van der Waals surface area (Å²) in [6.45, 7) is 7.09. The molecule has 12 rings (SSSR count). The van der Waals surface area contributed by atoms with Gasteiger partial charge in [-0.05, 0) is 136 Å². The summed E-state index contributed by atoms with van der Waals surface area (Å²) < 4.78 is 0. The van der Waals surface area contributed by atoms with Crippen molar-refractivity contribution in [3.05, 3.63) is 157 Å². The molecule has 0 aliphatic rings. The van der Waals surface area contributed by atoms with Gasteiger partial charge in [0.15, 0.2) is 0 Å². The van der Waals surface area contributed by atoms with Crippen molar-refractivity contribution >= 4 is 97.0 Å². The van der Waals surface area contributed by atoms with Crippen molar-refractivity contribution in [3.8, 4) is 22.3 Å². The van der Waals surface area contributed by atoms with Crippen molar-refractivity contribution in [3.63, 3.8) is 0 Å². The summed E-state index contributed by atoms with van der Waals surface area (Å²) in [4.78, 5) is 0. The van der Waals surface area contributed by atoms with Gasteiger partial charge >= 0.3 is 0 Å². The van der Waals surface area contributed by atoms with Crippen LogP contribution in [0.5, 0.6) is 0 Å². The Balaban J connectivity index is 1.20. The lowest BCUT2D eigenvalue weighted by molar-refractivity contribution is 0.596. The van der Waals surface area contributed by atoms with Gasteiger partial charge in [-0.15, -0.1) is 0 Å². The van der Waals surface area contributed by atoms with E-state index in [4.69, 9.17) is 0 Å². The summed E-state index contributed by atoms with van der Waals surface area (Å²) in [6, 6.07) is 58.0. The van der Waals surface area contributed by atoms with E-state index < -0.39 is 0 Å². The molecular weight excluding hydrogens is 625 g/mol. The fraction of sp³-hybridized carbons (Fsp3) is 0.0769. The third kappa shape index (κ3) is 3.62. The molecular formula is C52H34. The molecule has 0 spiro atoms. The van der Waals surface area contributed by atoms with E-state index in [9.17, 15) is 0 Å². The van der Waals surface area contributed by atoms with Crippen LogP contribution in [0.15, 0.2) is 152 Å². The molecule has 0 saturated carbocycles. The fourth-order valence-corrected chi connectivity index (χ4v) is 9.92. The first kappa shape index (κ1) is 28.5. The highest BCUT2D eigenvalue weighted by Gasteiger charge is 2.25. The molecule has 52 heavy (non-hydrogen) atoms. The van der Waals surface area contributed by atoms with Crippen LogP contribution >= 0.6 is 0 Å². The van der Waals surface area contributed by atoms with E-state index in [2.05, 4.69) is 172 Å². The summed E-state index contributed by atoms with van der Waals surface area (Å²) in [6.07, 6.45) is 0. The zero-order valence-corrected chi connectivity index (χ0v) is 29.4. The Bertz CT molecular complexity index is 3390. The Morgan fingerprint density at radius 1 is 0.269 bits per heavy atom. The van der Waals surface area contributed by atoms with Crippen LogP contribution in [0.1, 0.15) is 26.3 Å². The maximum atomic E-state index is 2.51. The third-order valence-corrected chi connectivity index (χ3v) is 12.2. The Hall–Kier alpha value is -6.24. The summed E-state index contributed by atoms with van der Waals surface area (Å²) in [5, 5.41) is 24.0. The van der Waals surface area contributed by atoms with Crippen LogP contribution in [0.25, 0.3) is 119 Å². The van der Waals surface area contributed by atoms with Crippen molar-refractivity contribution in [1.29, 1.82) is 0 Å². The maximum Gasteiger partial charge on any atom is -0.00174 e. The molecule has 0 heterocycles. The van der Waals surface area contributed by atoms with Gasteiger partial charge in [-0.3, -0.25) is 0 Å². The van der Waals surface area contributed by atoms with E-state index in [1.807, 2.05) is 0 Å². The van der Waals surface area contributed by atoms with Gasteiger partial charge in [-0.1, -0.05) is 166 Å². The van der Waals surface area contributed by atoms with Crippen LogP contribution in [-0.2, 0) is 5.41 Å². The lowest BCUT2D eigenvalue weighted by Gasteiger charge is -2.26. The molecule has 0 fully saturated rings. The molecule has 0 heteroatoms. The Kier molecular flexibility index (Phi) is 5.34. The maximum absolute atomic E-state index is 2.51. The Morgan fingerprint density at radius 3 is 1.02 bits per heavy atom. The summed E-state index contributed by atoms with van der Waals surface area (Å²) in [5.41, 5.74) is 6.56. The molecule has 0 unspecified atom stereocenters. The van der Waals surface area contributed by atoms with E-state index >= 15 is 0 Å². The van der Waals surface area contributed by atoms with E-state index in [0.29, 0.717) is 0 Å². The summed E-state index contributed by atoms with van der Waals surface area (Å²) >= 11 is 0. The van der Waals surface area contributed by atoms with Gasteiger partial charge in [0.25, 0.3) is 0 Å². The van der Waals surface area contributed by atoms with Gasteiger partial charge in [0, 0.05) is 0 Å². The molecule has 0 aliphatic carbocycles. The SMILES string of the molecule is CC(C)(C)c1cc(-c2ccc3ccc4cccc5ccc2c3c45)c2ccc3ccc(-c4ccc5ccc6cccc7ccc4c5c67)c4ccc1c2c34. The molecule has 242 valence electrons. The molecule has 0 amide bonds. The molecule has 0 aliphatic heterocycles. The molecule has 0 saturated heterocycles. The predicted molar refractivity (Wildman–Crippen MR) is 227 cm³/mol. The second-order valence-corrected chi connectivity index (χ2v) is 16.0. The highest BCUT2D eigenvalue weighted by Crippen LogP contribution is 2.49. The second kappa shape index (κ2) is 9.75. The molecule has 12 aromatic carbocycles. The van der Waals surface area contributed by atoms with Crippen LogP contribution in [0.4, 0.5) is 0 Å². The number of hydrogen-bond donors (Lipinski definition) is 0. The molecule has 0 aromatic heterocycles. The first-order valence-electron chi connectivity index (χ1n) is 18.5. The monoisotopic (exact) mass is 658 g/mol. The van der Waals surface area contributed by atoms with Gasteiger partial charge in [0.05, 0.1) is 0 Å². The lowest BCUT2D eigenvalue weighted by Crippen LogP contribution is -2.12. The number of rotatable bonds is 2. The fourth-order valence-electron chi connectivity index (χ4n) is 9.92. The average Bonchev–Trinajstić information content (AvgIpc) is 3.17. The zero-order chi connectivity index (χ0) is 34.5. The number of hydrogen-bond acceptors (Lipinski definition) is 0. The zero-order valence-electron chi connectivity index (χ0n) is 29.4. The molecule has 0 bridgehead atoms. The van der Waals surface area contributed by atoms with Crippen LogP contribution in [-0.4, -0.2) is 0 Å². The molecule has 0 nitrogen and oxygen atoms in total. The summed E-state index contributed by atoms with van der Waals surface area (Å²) in [7, 11) is 0. The quantitative estimate of drug-likeness (QED) is 0.162. The lowest BCUT2D eigenvalue weighted by atomic mass is 9.77. The van der Waals surface area contributed by atoms with E-state index in [-0.39, 0.29) is 5.41 Å². The standard InChI is InChI=1S/C52H34/c1-52(2,3)45-28-44(38-22-16-34-13-11-30-7-5-9-32-18-24-40(38)49(34)47(30)32)42-25-19-35-15-21-37(41-26-27-43(45)51(42)50(35)41)36-20-14-33-12-10-29-6-4-8-31-17-23-39(36)48(33)46(29)31/h4-28H,1-3H3. The topological polar surface area (TPSA) is 0 Å². The van der Waals surface area contributed by atoms with E-state index in [1.54, 1.807) is 0 Å². The van der Waals surface area contributed by atoms with Crippen LogP contribution < -0.4 is 0 Å². The minimum absolute atomic E-state index is 0.0459. The summed E-state index contributed by atoms with van der Waals surface area (Å²) in [5.74, 6) is 0. The highest BCUT2D eigenvalue weighted by atomic mass is 14.3. The third-order valence-electron chi connectivity index (χ3n) is 12.2. The minimum atomic E-state index is -0.0459. The van der Waals surface area contributed by atoms with E-state index in [0.717, 1.165) is 0 Å². The molecule has 0 radical (unpaired) electrons. The second-order valence-electron chi connectivity index (χ2n) is 16.0. The van der Waals surface area contributed by atoms with Gasteiger partial charge in [0.1, 0.15) is 0 Å². The van der Waals surface area contributed by atoms with Crippen molar-refractivity contribution < 1.29 is 0 Å². The van der Waals surface area contributed by atoms with Crippen molar-refractivity contribution in [2.75, 3.05) is 0 Å². The smallest absolute Gasteiger partial charge is 0.00174 e. The van der Waals surface area contributed by atoms with Crippen LogP contribution in [0.3, 0.4) is 0 Å². The molecule has 12 aromatic rings. The van der Waals surface area contributed by atoms with Gasteiger partial charge < -0.3 is 0 Å². The first-order valence-corrected chi connectivity index (χ1v) is 18.5. The minimum Gasteiger partial charge on any atom is -0.0610 e. The molecule has 0 atom stereocenters. The van der Waals surface area contributed by atoms with E-state index in [1.165, 1.54) is 125 Å². The van der Waals surface area contributed by atoms with Gasteiger partial charge in [-0.2, -0.15) is 0 Å². The van der Waals surface area contributed by atoms with Gasteiger partial charge in [-0.25, -0.2) is 0 Å². The molecule has 0 N–H and O–H groups in total. The average molecular weight is 659 g/mol. The highest BCUT2D eigenvalue weighted by molar-refractivity contribution is 6.32. The van der Waals surface area contributed by atoms with Crippen molar-refractivity contribution in [2.45, 2.75) is 26.2 Å². The van der Waals surface area contributed by atoms with Gasteiger partial charge in [0.2, 0.25) is 0 Å². The first-order chi connectivity index (χ1) is 25.4.